The lowest BCUT2D eigenvalue weighted by Crippen LogP contribution is -2.59. The van der Waals surface area contributed by atoms with Crippen LogP contribution in [-0.2, 0) is 35.6 Å². The second-order valence-electron chi connectivity index (χ2n) is 16.7. The van der Waals surface area contributed by atoms with Crippen LogP contribution in [-0.4, -0.2) is 83.7 Å². The van der Waals surface area contributed by atoms with E-state index in [1.165, 1.54) is 4.90 Å². The number of rotatable bonds is 7. The smallest absolute Gasteiger partial charge is 0.408 e. The Morgan fingerprint density at radius 1 is 0.945 bits per heavy atom. The Morgan fingerprint density at radius 2 is 1.69 bits per heavy atom. The van der Waals surface area contributed by atoms with E-state index in [4.69, 9.17) is 14.5 Å². The average molecular weight is 776 g/mol. The second kappa shape index (κ2) is 15.4. The first-order valence-electron chi connectivity index (χ1n) is 20.4. The number of pyridine rings is 1. The summed E-state index contributed by atoms with van der Waals surface area (Å²) in [5, 5.41) is 6.13. The summed E-state index contributed by atoms with van der Waals surface area (Å²) in [5.41, 5.74) is 0.172. The Morgan fingerprint density at radius 3 is 2.45 bits per heavy atom. The van der Waals surface area contributed by atoms with Gasteiger partial charge in [0.1, 0.15) is 35.6 Å². The van der Waals surface area contributed by atoms with Gasteiger partial charge in [-0.25, -0.2) is 18.2 Å². The molecule has 5 fully saturated rings. The van der Waals surface area contributed by atoms with Crippen molar-refractivity contribution in [1.29, 1.82) is 0 Å². The Balaban J connectivity index is 1.12. The normalized spacial score (nSPS) is 31.9. The van der Waals surface area contributed by atoms with Gasteiger partial charge < -0.3 is 25.0 Å². The lowest BCUT2D eigenvalue weighted by Gasteiger charge is -2.32. The molecule has 0 radical (unpaired) electrons. The minimum absolute atomic E-state index is 0.0635. The van der Waals surface area contributed by atoms with E-state index in [0.29, 0.717) is 25.0 Å². The first kappa shape index (κ1) is 37.7. The Bertz CT molecular complexity index is 1950. The molecular formula is C41H53N5O8S. The van der Waals surface area contributed by atoms with Crippen LogP contribution < -0.4 is 20.1 Å². The zero-order valence-corrected chi connectivity index (χ0v) is 32.2. The van der Waals surface area contributed by atoms with Gasteiger partial charge in [0, 0.05) is 17.7 Å². The number of aromatic nitrogens is 1. The van der Waals surface area contributed by atoms with Crippen molar-refractivity contribution in [2.45, 2.75) is 138 Å². The van der Waals surface area contributed by atoms with Crippen LogP contribution in [0.15, 0.2) is 43.0 Å². The van der Waals surface area contributed by atoms with Crippen molar-refractivity contribution < 1.29 is 37.1 Å². The molecule has 13 nitrogen and oxygen atoms in total. The van der Waals surface area contributed by atoms with Crippen molar-refractivity contribution in [3.63, 3.8) is 0 Å². The van der Waals surface area contributed by atoms with Crippen LogP contribution in [0.4, 0.5) is 4.79 Å². The lowest BCUT2D eigenvalue weighted by atomic mass is 9.96. The molecular weight excluding hydrogens is 723 g/mol. The number of aryl methyl sites for hydroxylation is 1. The van der Waals surface area contributed by atoms with Gasteiger partial charge in [0.25, 0.3) is 5.91 Å². The summed E-state index contributed by atoms with van der Waals surface area (Å²) in [5.74, 6) is -1.54. The predicted molar refractivity (Wildman–Crippen MR) is 204 cm³/mol. The van der Waals surface area contributed by atoms with Crippen molar-refractivity contribution in [1.82, 2.24) is 25.2 Å². The minimum atomic E-state index is -3.88. The Labute approximate surface area is 322 Å². The van der Waals surface area contributed by atoms with Gasteiger partial charge in [0.05, 0.1) is 23.0 Å². The summed E-state index contributed by atoms with van der Waals surface area (Å²) in [7, 11) is -3.88. The summed E-state index contributed by atoms with van der Waals surface area (Å²) >= 11 is 0. The molecule has 1 aromatic heterocycles. The van der Waals surface area contributed by atoms with Crippen LogP contribution in [0.3, 0.4) is 0 Å². The number of carbonyl (C=O) groups excluding carboxylic acids is 4. The molecule has 0 spiro atoms. The third-order valence-corrected chi connectivity index (χ3v) is 14.7. The van der Waals surface area contributed by atoms with Gasteiger partial charge in [0.2, 0.25) is 21.8 Å². The minimum Gasteiger partial charge on any atom is -0.487 e. The quantitative estimate of drug-likeness (QED) is 0.334. The molecule has 7 atom stereocenters. The number of alkyl carbamates (subject to hydrolysis) is 1. The lowest BCUT2D eigenvalue weighted by molar-refractivity contribution is -0.142. The first-order valence-corrected chi connectivity index (χ1v) is 21.9. The first-order chi connectivity index (χ1) is 26.5. The number of fused-ring (bicyclic) bond motifs is 5. The monoisotopic (exact) mass is 775 g/mol. The third-order valence-electron chi connectivity index (χ3n) is 12.9. The van der Waals surface area contributed by atoms with Gasteiger partial charge in [-0.15, -0.1) is 6.58 Å². The topological polar surface area (TPSA) is 173 Å². The van der Waals surface area contributed by atoms with Crippen LogP contribution >= 0.6 is 0 Å². The number of hydrogen-bond acceptors (Lipinski definition) is 9. The third kappa shape index (κ3) is 7.93. The van der Waals surface area contributed by atoms with E-state index in [0.717, 1.165) is 87.2 Å². The van der Waals surface area contributed by atoms with Gasteiger partial charge >= 0.3 is 6.09 Å². The van der Waals surface area contributed by atoms with Crippen molar-refractivity contribution >= 4 is 44.7 Å². The number of nitrogens with one attached hydrogen (secondary N) is 3. The number of nitrogens with zero attached hydrogens (tertiary/aromatic N) is 2. The molecule has 55 heavy (non-hydrogen) atoms. The van der Waals surface area contributed by atoms with Gasteiger partial charge in [0.15, 0.2) is 0 Å². The van der Waals surface area contributed by atoms with Gasteiger partial charge in [-0.3, -0.25) is 19.1 Å². The molecule has 2 aliphatic heterocycles. The highest BCUT2D eigenvalue weighted by Gasteiger charge is 2.62. The van der Waals surface area contributed by atoms with Crippen LogP contribution in [0, 0.1) is 17.8 Å². The molecule has 4 saturated carbocycles. The SMILES string of the molecule is C=CC1C[C@]1(NC(=O)[C@@H]1C[C@@H]2CN1C(=O)[C@H](C1CCCC1)NC(=O)O[C@@H]1CCC[C@H]1CCCCCc1nc3ccccc3cc1O2)C(=O)NS(=O)(=O)C1CC1. The largest absolute Gasteiger partial charge is 0.487 e. The van der Waals surface area contributed by atoms with E-state index in [-0.39, 0.29) is 37.3 Å². The summed E-state index contributed by atoms with van der Waals surface area (Å²) < 4.78 is 40.5. The molecule has 1 saturated heterocycles. The predicted octanol–water partition coefficient (Wildman–Crippen LogP) is 4.82. The maximum absolute atomic E-state index is 14.8. The number of sulfonamides is 1. The molecule has 4 aliphatic carbocycles. The molecule has 2 aromatic rings. The Hall–Kier alpha value is -4.20. The molecule has 296 valence electrons. The number of para-hydroxylation sites is 1. The molecule has 6 aliphatic rings. The highest BCUT2D eigenvalue weighted by atomic mass is 32.2. The van der Waals surface area contributed by atoms with E-state index in [2.05, 4.69) is 21.9 Å². The Kier molecular flexibility index (Phi) is 10.5. The van der Waals surface area contributed by atoms with Crippen LogP contribution in [0.1, 0.15) is 102 Å². The average Bonchev–Trinajstić information content (AvgIpc) is 3.95. The number of carbonyl (C=O) groups is 4. The summed E-state index contributed by atoms with van der Waals surface area (Å²) in [6.45, 7) is 3.88. The van der Waals surface area contributed by atoms with Crippen LogP contribution in [0.5, 0.6) is 5.75 Å². The molecule has 1 aromatic carbocycles. The van der Waals surface area contributed by atoms with E-state index in [9.17, 15) is 27.6 Å². The van der Waals surface area contributed by atoms with E-state index >= 15 is 0 Å². The fourth-order valence-corrected chi connectivity index (χ4v) is 10.9. The second-order valence-corrected chi connectivity index (χ2v) is 18.7. The summed E-state index contributed by atoms with van der Waals surface area (Å²) in [4.78, 5) is 63.0. The molecule has 1 unspecified atom stereocenters. The maximum Gasteiger partial charge on any atom is 0.408 e. The van der Waals surface area contributed by atoms with Gasteiger partial charge in [-0.1, -0.05) is 50.0 Å². The number of benzene rings is 1. The number of amides is 4. The van der Waals surface area contributed by atoms with E-state index < -0.39 is 68.7 Å². The van der Waals surface area contributed by atoms with Crippen molar-refractivity contribution in [2.75, 3.05) is 6.54 Å². The van der Waals surface area contributed by atoms with Crippen molar-refractivity contribution in [2.24, 2.45) is 17.8 Å². The number of ether oxygens (including phenoxy) is 2. The van der Waals surface area contributed by atoms with Crippen LogP contribution in [0.25, 0.3) is 10.9 Å². The molecule has 3 heterocycles. The van der Waals surface area contributed by atoms with Crippen molar-refractivity contribution in [3.05, 3.63) is 48.7 Å². The van der Waals surface area contributed by atoms with Crippen LogP contribution in [0.2, 0.25) is 0 Å². The van der Waals surface area contributed by atoms with E-state index in [1.807, 2.05) is 30.3 Å². The van der Waals surface area contributed by atoms with Gasteiger partial charge in [-0.05, 0) is 94.6 Å². The van der Waals surface area contributed by atoms with Crippen molar-refractivity contribution in [3.8, 4) is 5.75 Å². The van der Waals surface area contributed by atoms with E-state index in [1.54, 1.807) is 6.08 Å². The molecule has 3 N–H and O–H groups in total. The number of hydrogen-bond donors (Lipinski definition) is 3. The zero-order chi connectivity index (χ0) is 38.3. The zero-order valence-electron chi connectivity index (χ0n) is 31.4. The molecule has 14 heteroatoms. The highest BCUT2D eigenvalue weighted by Crippen LogP contribution is 2.46. The molecule has 8 rings (SSSR count). The fraction of sp³-hybridized carbons (Fsp3) is 0.634. The molecule has 4 amide bonds. The summed E-state index contributed by atoms with van der Waals surface area (Å²) in [6, 6.07) is 7.87. The maximum atomic E-state index is 14.8. The fourth-order valence-electron chi connectivity index (χ4n) is 9.50. The summed E-state index contributed by atoms with van der Waals surface area (Å²) in [6.07, 6.45) is 12.0. The van der Waals surface area contributed by atoms with Gasteiger partial charge in [-0.2, -0.15) is 0 Å². The standard InChI is InChI=1S/C41H53N5O8S/c1-2-28-23-41(28,39(49)45-55(51,52)30-19-20-30)44-37(47)33-22-29-24-46(33)38(48)36(26-12-6-7-13-26)43-40(50)54-34-18-10-15-25(34)11-4-3-5-17-32-35(53-29)21-27-14-8-9-16-31(27)42-32/h2,8-9,14,16,21,25-26,28-30,33-34,36H,1,3-7,10-13,15,17-20,22-24H2,(H,43,50)(H,44,47)(H,45,49)/t25-,28?,29-,33+,34-,36+,41-/m1/s1. The molecule has 2 bridgehead atoms. The highest BCUT2D eigenvalue weighted by molar-refractivity contribution is 7.91.